The van der Waals surface area contributed by atoms with E-state index in [0.717, 1.165) is 88.0 Å². The van der Waals surface area contributed by atoms with Crippen LogP contribution in [-0.2, 0) is 10.0 Å². The van der Waals surface area contributed by atoms with Gasteiger partial charge < -0.3 is 19.9 Å². The number of carbonyl (C=O) groups excluding carboxylic acids is 1. The molecule has 5 heterocycles. The van der Waals surface area contributed by atoms with Crippen LogP contribution in [0.25, 0.3) is 11.0 Å². The standard InChI is InChI=1S/C49H60N8O6S/c1-32(2)38-8-5-6-9-39(38)40-10-7-11-42(40)56-30-49(31-56)19-22-55(23-20-49)35-12-13-41(44(25-35)63-36-24-34-16-21-50-45(34)52-28-36)47(58)54-64(61,62)37-26-43(57(59)60)46(53-29-37)51-27-33-14-17-48(3,4)18-15-33/h5-6,8-9,12-13,16,21,24-26,28-29,32-33,40,42H,7,10-11,14-15,17-20,22-23,27,30-31H2,1-4H3,(H,50,52)(H,51,53)(H,54,58)/t40-,42-/m1/s1. The molecule has 1 spiro atoms. The van der Waals surface area contributed by atoms with Gasteiger partial charge in [0, 0.05) is 68.2 Å². The van der Waals surface area contributed by atoms with Crippen molar-refractivity contribution in [2.24, 2.45) is 16.7 Å². The minimum Gasteiger partial charge on any atom is -0.455 e. The first kappa shape index (κ1) is 43.7. The Kier molecular flexibility index (Phi) is 11.9. The molecule has 2 aliphatic heterocycles. The predicted molar refractivity (Wildman–Crippen MR) is 249 cm³/mol. The molecule has 4 aliphatic rings. The number of nitrogens with one attached hydrogen (secondary N) is 3. The van der Waals surface area contributed by atoms with E-state index in [4.69, 9.17) is 4.74 Å². The van der Waals surface area contributed by atoms with Gasteiger partial charge in [0.25, 0.3) is 15.9 Å². The van der Waals surface area contributed by atoms with Gasteiger partial charge in [-0.25, -0.2) is 23.1 Å². The van der Waals surface area contributed by atoms with E-state index in [-0.39, 0.29) is 28.0 Å². The van der Waals surface area contributed by atoms with Crippen LogP contribution in [0.4, 0.5) is 17.2 Å². The number of anilines is 2. The predicted octanol–water partition coefficient (Wildman–Crippen LogP) is 9.77. The number of nitro groups is 1. The number of piperidine rings is 1. The second-order valence-electron chi connectivity index (χ2n) is 19.9. The van der Waals surface area contributed by atoms with Gasteiger partial charge >= 0.3 is 5.69 Å². The molecule has 0 bridgehead atoms. The molecule has 64 heavy (non-hydrogen) atoms. The second kappa shape index (κ2) is 17.4. The van der Waals surface area contributed by atoms with Gasteiger partial charge in [-0.2, -0.15) is 0 Å². The average Bonchev–Trinajstić information content (AvgIpc) is 3.95. The van der Waals surface area contributed by atoms with E-state index in [2.05, 4.69) is 86.8 Å². The zero-order valence-electron chi connectivity index (χ0n) is 37.3. The van der Waals surface area contributed by atoms with Crippen LogP contribution in [0.5, 0.6) is 11.5 Å². The summed E-state index contributed by atoms with van der Waals surface area (Å²) in [6, 6.07) is 19.4. The summed E-state index contributed by atoms with van der Waals surface area (Å²) in [5.74, 6) is 0.976. The number of nitrogens with zero attached hydrogens (tertiary/aromatic N) is 5. The summed E-state index contributed by atoms with van der Waals surface area (Å²) in [4.78, 5) is 41.7. The summed E-state index contributed by atoms with van der Waals surface area (Å²) in [7, 11) is -4.60. The zero-order chi connectivity index (χ0) is 44.8. The van der Waals surface area contributed by atoms with Crippen molar-refractivity contribution in [3.8, 4) is 11.5 Å². The van der Waals surface area contributed by atoms with E-state index < -0.39 is 31.4 Å². The second-order valence-corrected chi connectivity index (χ2v) is 21.6. The minimum atomic E-state index is -4.60. The first-order chi connectivity index (χ1) is 30.7. The van der Waals surface area contributed by atoms with E-state index in [1.165, 1.54) is 30.4 Å². The molecule has 2 saturated heterocycles. The van der Waals surface area contributed by atoms with Crippen LogP contribution >= 0.6 is 0 Å². The van der Waals surface area contributed by atoms with Crippen molar-refractivity contribution in [1.82, 2.24) is 24.6 Å². The molecule has 3 aromatic heterocycles. The van der Waals surface area contributed by atoms with Crippen LogP contribution in [0.15, 0.2) is 84.1 Å². The smallest absolute Gasteiger partial charge is 0.312 e. The molecule has 0 unspecified atom stereocenters. The summed E-state index contributed by atoms with van der Waals surface area (Å²) in [6.45, 7) is 13.5. The molecule has 15 heteroatoms. The highest BCUT2D eigenvalue weighted by Gasteiger charge is 2.49. The molecule has 5 aromatic rings. The average molecular weight is 889 g/mol. The maximum Gasteiger partial charge on any atom is 0.312 e. The number of aromatic amines is 1. The number of hydrogen-bond acceptors (Lipinski definition) is 11. The van der Waals surface area contributed by atoms with E-state index in [1.807, 2.05) is 12.1 Å². The number of carbonyl (C=O) groups is 1. The van der Waals surface area contributed by atoms with Crippen molar-refractivity contribution in [2.45, 2.75) is 108 Å². The first-order valence-electron chi connectivity index (χ1n) is 22.9. The molecule has 0 radical (unpaired) electrons. The summed E-state index contributed by atoms with van der Waals surface area (Å²) in [5.41, 5.74) is 4.59. The molecule has 2 atom stereocenters. The van der Waals surface area contributed by atoms with Gasteiger partial charge in [-0.15, -0.1) is 0 Å². The number of fused-ring (bicyclic) bond motifs is 1. The van der Waals surface area contributed by atoms with Crippen LogP contribution in [-0.4, -0.2) is 77.9 Å². The molecule has 2 aliphatic carbocycles. The number of likely N-dealkylation sites (tertiary alicyclic amines) is 1. The lowest BCUT2D eigenvalue weighted by molar-refractivity contribution is -0.384. The first-order valence-corrected chi connectivity index (χ1v) is 24.4. The molecule has 9 rings (SSSR count). The van der Waals surface area contributed by atoms with Gasteiger partial charge in [-0.05, 0) is 115 Å². The lowest BCUT2D eigenvalue weighted by Gasteiger charge is -2.57. The molecule has 3 N–H and O–H groups in total. The normalized spacial score (nSPS) is 21.2. The molecule has 2 aromatic carbocycles. The largest absolute Gasteiger partial charge is 0.455 e. The summed E-state index contributed by atoms with van der Waals surface area (Å²) in [5, 5.41) is 16.0. The number of amides is 1. The number of benzene rings is 2. The monoisotopic (exact) mass is 888 g/mol. The van der Waals surface area contributed by atoms with Crippen LogP contribution in [0, 0.1) is 26.9 Å². The SMILES string of the molecule is CC(C)c1ccccc1[C@H]1CCC[C@H]1N1CC2(CCN(c3ccc(C(=O)NS(=O)(=O)c4cnc(NCC5CCC(C)(C)CC5)c([N+](=O)[O-])c4)c(Oc4cnc5[nH]ccc5c4)c3)CC2)C1. The number of H-pyrrole nitrogens is 1. The Labute approximate surface area is 375 Å². The minimum absolute atomic E-state index is 0.0108. The Bertz CT molecular complexity index is 2640. The highest BCUT2D eigenvalue weighted by Crippen LogP contribution is 2.49. The van der Waals surface area contributed by atoms with Gasteiger partial charge in [-0.3, -0.25) is 19.8 Å². The maximum atomic E-state index is 14.0. The Morgan fingerprint density at radius 3 is 2.48 bits per heavy atom. The van der Waals surface area contributed by atoms with Crippen molar-refractivity contribution >= 4 is 44.2 Å². The molecule has 2 saturated carbocycles. The molecule has 14 nitrogen and oxygen atoms in total. The van der Waals surface area contributed by atoms with E-state index in [0.29, 0.717) is 41.7 Å². The number of hydrogen-bond donors (Lipinski definition) is 3. The summed E-state index contributed by atoms with van der Waals surface area (Å²) >= 11 is 0. The fraction of sp³-hybridized carbons (Fsp3) is 0.490. The third-order valence-corrected chi connectivity index (χ3v) is 15.9. The molecule has 338 valence electrons. The van der Waals surface area contributed by atoms with Gasteiger partial charge in [0.05, 0.1) is 22.9 Å². The Balaban J connectivity index is 0.895. The Hall–Kier alpha value is -5.54. The number of ether oxygens (including phenoxy) is 1. The van der Waals surface area contributed by atoms with Gasteiger partial charge in [-0.1, -0.05) is 58.4 Å². The molecular formula is C49H60N8O6S. The lowest BCUT2D eigenvalue weighted by atomic mass is 9.70. The number of aromatic nitrogens is 3. The number of sulfonamides is 1. The third-order valence-electron chi connectivity index (χ3n) is 14.6. The van der Waals surface area contributed by atoms with Crippen molar-refractivity contribution in [3.63, 3.8) is 0 Å². The lowest BCUT2D eigenvalue weighted by Crippen LogP contribution is -2.63. The van der Waals surface area contributed by atoms with Crippen LogP contribution in [0.2, 0.25) is 0 Å². The van der Waals surface area contributed by atoms with E-state index in [9.17, 15) is 23.3 Å². The van der Waals surface area contributed by atoms with E-state index in [1.54, 1.807) is 30.6 Å². The highest BCUT2D eigenvalue weighted by molar-refractivity contribution is 7.90. The van der Waals surface area contributed by atoms with Crippen LogP contribution in [0.3, 0.4) is 0 Å². The number of rotatable bonds is 13. The number of pyridine rings is 2. The van der Waals surface area contributed by atoms with Gasteiger partial charge in [0.1, 0.15) is 22.0 Å². The molecule has 1 amide bonds. The third kappa shape index (κ3) is 9.06. The van der Waals surface area contributed by atoms with Crippen molar-refractivity contribution in [2.75, 3.05) is 42.9 Å². The Morgan fingerprint density at radius 1 is 0.969 bits per heavy atom. The van der Waals surface area contributed by atoms with Crippen LogP contribution < -0.4 is 19.7 Å². The van der Waals surface area contributed by atoms with E-state index >= 15 is 0 Å². The molecule has 4 fully saturated rings. The fourth-order valence-corrected chi connectivity index (χ4v) is 11.7. The quantitative estimate of drug-likeness (QED) is 0.0758. The Morgan fingerprint density at radius 2 is 1.73 bits per heavy atom. The van der Waals surface area contributed by atoms with Crippen molar-refractivity contribution < 1.29 is 22.9 Å². The summed E-state index contributed by atoms with van der Waals surface area (Å²) < 4.78 is 35.9. The van der Waals surface area contributed by atoms with Gasteiger partial charge in [0.2, 0.25) is 5.82 Å². The maximum absolute atomic E-state index is 14.0. The van der Waals surface area contributed by atoms with Gasteiger partial charge in [0.15, 0.2) is 0 Å². The molecular weight excluding hydrogens is 829 g/mol. The summed E-state index contributed by atoms with van der Waals surface area (Å²) in [6.07, 6.45) is 14.3. The zero-order valence-corrected chi connectivity index (χ0v) is 38.1. The topological polar surface area (TPSA) is 176 Å². The fourth-order valence-electron chi connectivity index (χ4n) is 10.8. The van der Waals surface area contributed by atoms with Crippen molar-refractivity contribution in [1.29, 1.82) is 0 Å². The highest BCUT2D eigenvalue weighted by atomic mass is 32.2. The van der Waals surface area contributed by atoms with Crippen LogP contribution in [0.1, 0.15) is 119 Å². The van der Waals surface area contributed by atoms with Crippen molar-refractivity contribution in [3.05, 3.63) is 106 Å².